The van der Waals surface area contributed by atoms with E-state index in [1.54, 1.807) is 7.11 Å². The van der Waals surface area contributed by atoms with Gasteiger partial charge in [-0.15, -0.1) is 0 Å². The van der Waals surface area contributed by atoms with Crippen molar-refractivity contribution in [3.8, 4) is 5.75 Å². The fraction of sp³-hybridized carbons (Fsp3) is 0.476. The maximum Gasteiger partial charge on any atom is 0.149 e. The predicted octanol–water partition coefficient (Wildman–Crippen LogP) is 2.47. The third-order valence-corrected chi connectivity index (χ3v) is 5.05. The summed E-state index contributed by atoms with van der Waals surface area (Å²) in [6.45, 7) is 2.35. The van der Waals surface area contributed by atoms with E-state index in [1.807, 2.05) is 49.0 Å². The lowest BCUT2D eigenvalue weighted by Crippen LogP contribution is -2.72. The normalized spacial score (nSPS) is 16.7. The molecule has 2 aliphatic rings. The Kier molecular flexibility index (Phi) is 6.34. The lowest BCUT2D eigenvalue weighted by Gasteiger charge is -2.38. The second-order valence-corrected chi connectivity index (χ2v) is 6.81. The molecule has 5 heteroatoms. The zero-order valence-corrected chi connectivity index (χ0v) is 16.2. The number of benzene rings is 1. The van der Waals surface area contributed by atoms with Crippen molar-refractivity contribution in [2.75, 3.05) is 44.2 Å². The highest BCUT2D eigenvalue weighted by Crippen LogP contribution is 2.45. The maximum atomic E-state index is 5.84. The van der Waals surface area contributed by atoms with Gasteiger partial charge in [-0.25, -0.2) is 0 Å². The molecule has 140 valence electrons. The molecule has 0 bridgehead atoms. The fourth-order valence-electron chi connectivity index (χ4n) is 3.91. The summed E-state index contributed by atoms with van der Waals surface area (Å²) in [5, 5.41) is 8.58. The van der Waals surface area contributed by atoms with Crippen LogP contribution in [0.1, 0.15) is 30.4 Å². The van der Waals surface area contributed by atoms with E-state index in [-0.39, 0.29) is 0 Å². The second-order valence-electron chi connectivity index (χ2n) is 6.81. The zero-order valence-electron chi connectivity index (χ0n) is 16.2. The highest BCUT2D eigenvalue weighted by Gasteiger charge is 2.29. The summed E-state index contributed by atoms with van der Waals surface area (Å²) >= 11 is 0. The summed E-state index contributed by atoms with van der Waals surface area (Å²) in [6.07, 6.45) is 15.6. The summed E-state index contributed by atoms with van der Waals surface area (Å²) in [5.41, 5.74) is 5.33. The molecule has 2 N–H and O–H groups in total. The molecule has 0 saturated carbocycles. The standard InChI is InChI=1S/C21H30N4O/c1-22-12-6-4-5-7-13-23-24(2)19-16-17-10-8-14-25-15-9-11-18(20(17)25)21(19)26-3/h4-6,12-13,16,22H,7-11,14-15H2,1-3H3/p+1/b5-4-,12-6-,23-13+. The predicted molar refractivity (Wildman–Crippen MR) is 109 cm³/mol. The number of allylic oxidation sites excluding steroid dienone is 3. The van der Waals surface area contributed by atoms with Gasteiger partial charge in [0.25, 0.3) is 0 Å². The monoisotopic (exact) mass is 355 g/mol. The van der Waals surface area contributed by atoms with Crippen LogP contribution in [0.4, 0.5) is 11.4 Å². The van der Waals surface area contributed by atoms with Gasteiger partial charge in [0.2, 0.25) is 0 Å². The Bertz CT molecular complexity index is 706. The Morgan fingerprint density at radius 1 is 1.27 bits per heavy atom. The smallest absolute Gasteiger partial charge is 0.149 e. The average molecular weight is 356 g/mol. The molecule has 1 aromatic carbocycles. The van der Waals surface area contributed by atoms with E-state index in [0.717, 1.165) is 30.7 Å². The van der Waals surface area contributed by atoms with Crippen LogP contribution in [0.15, 0.2) is 35.6 Å². The van der Waals surface area contributed by atoms with Crippen molar-refractivity contribution < 1.29 is 10.1 Å². The summed E-state index contributed by atoms with van der Waals surface area (Å²) in [4.78, 5) is 2.54. The van der Waals surface area contributed by atoms with E-state index < -0.39 is 0 Å². The van der Waals surface area contributed by atoms with Gasteiger partial charge in [-0.2, -0.15) is 5.10 Å². The number of hydrogen-bond donors (Lipinski definition) is 1. The van der Waals surface area contributed by atoms with Gasteiger partial charge in [0.1, 0.15) is 11.4 Å². The minimum atomic E-state index is 0.812. The SMILES string of the molecule is C[NH2+]/C=C\C=C/C/C=N/N(C)c1cc2c3c(c1OC)CCCN3CCC2. The van der Waals surface area contributed by atoms with Gasteiger partial charge in [0.15, 0.2) is 0 Å². The lowest BCUT2D eigenvalue weighted by atomic mass is 9.90. The lowest BCUT2D eigenvalue weighted by molar-refractivity contribution is -0.556. The van der Waals surface area contributed by atoms with Crippen molar-refractivity contribution in [2.24, 2.45) is 5.10 Å². The molecule has 0 saturated heterocycles. The number of ether oxygens (including phenoxy) is 1. The third-order valence-electron chi connectivity index (χ3n) is 5.05. The van der Waals surface area contributed by atoms with E-state index in [1.165, 1.54) is 42.7 Å². The van der Waals surface area contributed by atoms with E-state index in [9.17, 15) is 0 Å². The van der Waals surface area contributed by atoms with Crippen molar-refractivity contribution in [3.63, 3.8) is 0 Å². The van der Waals surface area contributed by atoms with E-state index in [2.05, 4.69) is 22.1 Å². The number of rotatable bonds is 7. The van der Waals surface area contributed by atoms with Gasteiger partial charge in [-0.3, -0.25) is 5.01 Å². The van der Waals surface area contributed by atoms with E-state index in [0.29, 0.717) is 0 Å². The molecule has 0 spiro atoms. The quantitative estimate of drug-likeness (QED) is 0.464. The molecule has 3 rings (SSSR count). The van der Waals surface area contributed by atoms with Gasteiger partial charge in [0, 0.05) is 44.0 Å². The Labute approximate surface area is 157 Å². The number of nitrogens with two attached hydrogens (primary N) is 1. The van der Waals surface area contributed by atoms with Gasteiger partial charge in [0.05, 0.1) is 20.4 Å². The largest absolute Gasteiger partial charge is 0.494 e. The molecule has 26 heavy (non-hydrogen) atoms. The number of methoxy groups -OCH3 is 1. The number of nitrogens with zero attached hydrogens (tertiary/aromatic N) is 3. The van der Waals surface area contributed by atoms with Gasteiger partial charge in [-0.05, 0) is 43.4 Å². The van der Waals surface area contributed by atoms with Gasteiger partial charge < -0.3 is 15.0 Å². The van der Waals surface area contributed by atoms with Crippen molar-refractivity contribution in [1.82, 2.24) is 0 Å². The molecule has 0 radical (unpaired) electrons. The van der Waals surface area contributed by atoms with Gasteiger partial charge in [-0.1, -0.05) is 12.2 Å². The number of hydrazone groups is 1. The molecule has 2 heterocycles. The van der Waals surface area contributed by atoms with Gasteiger partial charge >= 0.3 is 0 Å². The molecule has 1 aromatic rings. The Hall–Kier alpha value is -2.27. The van der Waals surface area contributed by atoms with E-state index in [4.69, 9.17) is 4.74 Å². The molecule has 0 amide bonds. The van der Waals surface area contributed by atoms with Crippen LogP contribution >= 0.6 is 0 Å². The first-order valence-electron chi connectivity index (χ1n) is 9.61. The highest BCUT2D eigenvalue weighted by atomic mass is 16.5. The first-order valence-corrected chi connectivity index (χ1v) is 9.61. The van der Waals surface area contributed by atoms with Crippen molar-refractivity contribution in [1.29, 1.82) is 0 Å². The van der Waals surface area contributed by atoms with Crippen molar-refractivity contribution >= 4 is 17.6 Å². The topological polar surface area (TPSA) is 44.7 Å². The third kappa shape index (κ3) is 3.93. The number of anilines is 2. The van der Waals surface area contributed by atoms with Crippen LogP contribution in [0, 0.1) is 0 Å². The van der Waals surface area contributed by atoms with Crippen LogP contribution in [0.25, 0.3) is 0 Å². The summed E-state index contributed by atoms with van der Waals surface area (Å²) in [7, 11) is 5.80. The van der Waals surface area contributed by atoms with Crippen molar-refractivity contribution in [3.05, 3.63) is 41.6 Å². The number of quaternary nitrogens is 1. The number of hydrogen-bond acceptors (Lipinski definition) is 4. The molecule has 2 aliphatic heterocycles. The van der Waals surface area contributed by atoms with Crippen LogP contribution < -0.4 is 20.0 Å². The van der Waals surface area contributed by atoms with E-state index >= 15 is 0 Å². The number of aryl methyl sites for hydroxylation is 1. The molecule has 0 atom stereocenters. The minimum Gasteiger partial charge on any atom is -0.494 e. The molecule has 0 fully saturated rings. The summed E-state index contributed by atoms with van der Waals surface area (Å²) in [5.74, 6) is 0.993. The summed E-state index contributed by atoms with van der Waals surface area (Å²) in [6, 6.07) is 2.28. The Morgan fingerprint density at radius 3 is 2.85 bits per heavy atom. The highest BCUT2D eigenvalue weighted by molar-refractivity contribution is 5.77. The minimum absolute atomic E-state index is 0.812. The molecule has 5 nitrogen and oxygen atoms in total. The molecule has 0 aliphatic carbocycles. The van der Waals surface area contributed by atoms with Crippen molar-refractivity contribution in [2.45, 2.75) is 32.1 Å². The van der Waals surface area contributed by atoms with Crippen LogP contribution in [0.2, 0.25) is 0 Å². The first kappa shape index (κ1) is 18.5. The molecular formula is C21H31N4O+. The zero-order chi connectivity index (χ0) is 18.4. The Balaban J connectivity index is 1.81. The molecule has 0 aromatic heterocycles. The average Bonchev–Trinajstić information content (AvgIpc) is 2.67. The fourth-order valence-corrected chi connectivity index (χ4v) is 3.91. The van der Waals surface area contributed by atoms with Crippen LogP contribution in [-0.4, -0.2) is 40.5 Å². The second kappa shape index (κ2) is 8.90. The first-order chi connectivity index (χ1) is 12.8. The molecule has 0 unspecified atom stereocenters. The maximum absolute atomic E-state index is 5.84. The van der Waals surface area contributed by atoms with Crippen LogP contribution in [-0.2, 0) is 12.8 Å². The Morgan fingerprint density at radius 2 is 2.08 bits per heavy atom. The molecular weight excluding hydrogens is 324 g/mol. The van der Waals surface area contributed by atoms with Crippen LogP contribution in [0.3, 0.4) is 0 Å². The summed E-state index contributed by atoms with van der Waals surface area (Å²) < 4.78 is 5.84. The van der Waals surface area contributed by atoms with Crippen LogP contribution in [0.5, 0.6) is 5.75 Å².